The lowest BCUT2D eigenvalue weighted by atomic mass is 9.90. The average Bonchev–Trinajstić information content (AvgIpc) is 3.39. The van der Waals surface area contributed by atoms with Crippen LogP contribution in [0.15, 0.2) is 84.9 Å². The van der Waals surface area contributed by atoms with Gasteiger partial charge in [0.1, 0.15) is 11.5 Å². The van der Waals surface area contributed by atoms with E-state index in [4.69, 9.17) is 9.47 Å². The Morgan fingerprint density at radius 2 is 0.886 bits per heavy atom. The third-order valence-electron chi connectivity index (χ3n) is 8.02. The minimum atomic E-state index is 0.635. The molecule has 1 heterocycles. The van der Waals surface area contributed by atoms with E-state index in [1.165, 1.54) is 76.5 Å². The van der Waals surface area contributed by atoms with Gasteiger partial charge in [-0.25, -0.2) is 0 Å². The van der Waals surface area contributed by atoms with Gasteiger partial charge in [0.15, 0.2) is 0 Å². The third-order valence-corrected chi connectivity index (χ3v) is 8.02. The quantitative estimate of drug-likeness (QED) is 0.218. The Bertz CT molecular complexity index is 1830. The van der Waals surface area contributed by atoms with Crippen molar-refractivity contribution in [1.29, 1.82) is 0 Å². The largest absolute Gasteiger partial charge is 0.493 e. The summed E-state index contributed by atoms with van der Waals surface area (Å²) in [6, 6.07) is 31.4. The van der Waals surface area contributed by atoms with Crippen LogP contribution in [0.4, 0.5) is 0 Å². The number of hydrogen-bond donors (Lipinski definition) is 0. The Labute approximate surface area is 202 Å². The second kappa shape index (κ2) is 6.22. The summed E-state index contributed by atoms with van der Waals surface area (Å²) in [5, 5.41) is 10.5. The van der Waals surface area contributed by atoms with Gasteiger partial charge >= 0.3 is 0 Å². The second-order valence-electron chi connectivity index (χ2n) is 9.88. The van der Waals surface area contributed by atoms with Crippen molar-refractivity contribution < 1.29 is 9.47 Å². The lowest BCUT2D eigenvalue weighted by Gasteiger charge is -2.14. The van der Waals surface area contributed by atoms with Crippen LogP contribution in [0.1, 0.15) is 28.7 Å². The fraction of sp³-hybridized carbons (Fsp3) is 0.0909. The fourth-order valence-corrected chi connectivity index (χ4v) is 6.68. The van der Waals surface area contributed by atoms with Crippen LogP contribution >= 0.6 is 0 Å². The van der Waals surface area contributed by atoms with Gasteiger partial charge < -0.3 is 9.47 Å². The Balaban J connectivity index is 1.55. The van der Waals surface area contributed by atoms with Gasteiger partial charge in [0, 0.05) is 6.42 Å². The molecule has 9 rings (SSSR count). The summed E-state index contributed by atoms with van der Waals surface area (Å²) in [4.78, 5) is 0. The molecule has 2 heteroatoms. The summed E-state index contributed by atoms with van der Waals surface area (Å²) >= 11 is 0. The van der Waals surface area contributed by atoms with Crippen LogP contribution < -0.4 is 9.47 Å². The second-order valence-corrected chi connectivity index (χ2v) is 9.88. The van der Waals surface area contributed by atoms with Crippen molar-refractivity contribution >= 4 is 54.2 Å². The normalized spacial score (nSPS) is 17.5. The molecule has 0 atom stereocenters. The molecule has 0 aromatic heterocycles. The zero-order chi connectivity index (χ0) is 22.7. The zero-order valence-electron chi connectivity index (χ0n) is 19.0. The predicted octanol–water partition coefficient (Wildman–Crippen LogP) is 8.09. The molecule has 0 amide bonds. The lowest BCUT2D eigenvalue weighted by molar-refractivity contribution is 0.248. The zero-order valence-corrected chi connectivity index (χ0v) is 19.0. The molecule has 0 saturated carbocycles. The molecule has 0 saturated heterocycles. The highest BCUT2D eigenvalue weighted by molar-refractivity contribution is 6.33. The first-order valence-electron chi connectivity index (χ1n) is 12.4. The van der Waals surface area contributed by atoms with E-state index in [0.717, 1.165) is 17.9 Å². The fourth-order valence-electron chi connectivity index (χ4n) is 6.68. The van der Waals surface area contributed by atoms with E-state index in [1.807, 2.05) is 0 Å². The van der Waals surface area contributed by atoms with Crippen molar-refractivity contribution in [2.75, 3.05) is 13.2 Å². The molecule has 0 unspecified atom stereocenters. The van der Waals surface area contributed by atoms with Crippen LogP contribution in [0, 0.1) is 0 Å². The molecule has 2 aliphatic carbocycles. The molecular weight excluding hydrogens is 428 g/mol. The summed E-state index contributed by atoms with van der Waals surface area (Å²) in [5.41, 5.74) is 7.82. The molecular formula is C33H20O2. The van der Waals surface area contributed by atoms with Gasteiger partial charge in [0.25, 0.3) is 0 Å². The highest BCUT2D eigenvalue weighted by Crippen LogP contribution is 2.55. The topological polar surface area (TPSA) is 18.5 Å². The molecule has 6 aromatic rings. The summed E-state index contributed by atoms with van der Waals surface area (Å²) in [7, 11) is 0. The number of benzene rings is 6. The number of ether oxygens (including phenoxy) is 2. The molecule has 4 bridgehead atoms. The van der Waals surface area contributed by atoms with E-state index in [-0.39, 0.29) is 0 Å². The van der Waals surface area contributed by atoms with Crippen LogP contribution in [-0.4, -0.2) is 13.2 Å². The summed E-state index contributed by atoms with van der Waals surface area (Å²) in [5.74, 6) is 1.87. The minimum Gasteiger partial charge on any atom is -0.493 e. The van der Waals surface area contributed by atoms with E-state index >= 15 is 0 Å². The predicted molar refractivity (Wildman–Crippen MR) is 144 cm³/mol. The summed E-state index contributed by atoms with van der Waals surface area (Å²) < 4.78 is 12.5. The van der Waals surface area contributed by atoms with Gasteiger partial charge in [0.05, 0.1) is 13.2 Å². The van der Waals surface area contributed by atoms with Crippen LogP contribution in [0.25, 0.3) is 54.2 Å². The van der Waals surface area contributed by atoms with Gasteiger partial charge in [-0.2, -0.15) is 0 Å². The van der Waals surface area contributed by atoms with Crippen molar-refractivity contribution in [3.63, 3.8) is 0 Å². The molecule has 164 valence electrons. The molecule has 35 heavy (non-hydrogen) atoms. The molecule has 0 spiro atoms. The first kappa shape index (κ1) is 18.1. The number of rotatable bonds is 0. The molecule has 1 aliphatic heterocycles. The third kappa shape index (κ3) is 2.20. The summed E-state index contributed by atoms with van der Waals surface area (Å²) in [6.45, 7) is 1.27. The SMILES string of the molecule is c1cc2c3c(c1)ccc1cc4cc(c13)/C2=C1/c2cccc3ccc5cc(cc1c5c23)OCCCO4. The van der Waals surface area contributed by atoms with E-state index in [9.17, 15) is 0 Å². The Morgan fingerprint density at radius 1 is 0.429 bits per heavy atom. The molecule has 0 fully saturated rings. The summed E-state index contributed by atoms with van der Waals surface area (Å²) in [6.07, 6.45) is 0.840. The van der Waals surface area contributed by atoms with Crippen LogP contribution in [-0.2, 0) is 0 Å². The molecule has 3 aliphatic rings. The Morgan fingerprint density at radius 3 is 1.40 bits per heavy atom. The molecule has 6 aromatic carbocycles. The van der Waals surface area contributed by atoms with Gasteiger partial charge in [-0.1, -0.05) is 60.7 Å². The standard InChI is InChI=1S/C33H20O2/c1-4-18-8-10-20-14-22-16-26-30(20)28(18)24(6-1)32(26)33-25-7-2-5-19-9-11-21-15-23(35-13-3-12-34-22)17-27(33)31(21)29(19)25/h1-2,4-11,14-17H,3,12-13H2/b33-32-. The Kier molecular flexibility index (Phi) is 3.21. The highest BCUT2D eigenvalue weighted by Gasteiger charge is 2.32. The van der Waals surface area contributed by atoms with Gasteiger partial charge in [0.2, 0.25) is 0 Å². The van der Waals surface area contributed by atoms with E-state index in [1.54, 1.807) is 0 Å². The number of fused-ring (bicyclic) bond motifs is 4. The number of hydrogen-bond acceptors (Lipinski definition) is 2. The van der Waals surface area contributed by atoms with Gasteiger partial charge in [-0.3, -0.25) is 0 Å². The lowest BCUT2D eigenvalue weighted by Crippen LogP contribution is -2.05. The van der Waals surface area contributed by atoms with E-state index < -0.39 is 0 Å². The molecule has 0 radical (unpaired) electrons. The Hall–Kier alpha value is -4.30. The van der Waals surface area contributed by atoms with Crippen LogP contribution in [0.2, 0.25) is 0 Å². The minimum absolute atomic E-state index is 0.635. The highest BCUT2D eigenvalue weighted by atomic mass is 16.5. The monoisotopic (exact) mass is 448 g/mol. The first-order chi connectivity index (χ1) is 17.3. The van der Waals surface area contributed by atoms with Gasteiger partial charge in [-0.15, -0.1) is 0 Å². The van der Waals surface area contributed by atoms with E-state index in [0.29, 0.717) is 13.2 Å². The first-order valence-corrected chi connectivity index (χ1v) is 12.4. The average molecular weight is 449 g/mol. The van der Waals surface area contributed by atoms with Crippen LogP contribution in [0.5, 0.6) is 11.5 Å². The maximum atomic E-state index is 6.27. The maximum absolute atomic E-state index is 6.27. The molecule has 0 N–H and O–H groups in total. The maximum Gasteiger partial charge on any atom is 0.120 e. The van der Waals surface area contributed by atoms with Gasteiger partial charge in [-0.05, 0) is 101 Å². The van der Waals surface area contributed by atoms with Crippen molar-refractivity contribution in [3.05, 3.63) is 107 Å². The smallest absolute Gasteiger partial charge is 0.120 e. The van der Waals surface area contributed by atoms with E-state index in [2.05, 4.69) is 84.9 Å². The van der Waals surface area contributed by atoms with Crippen molar-refractivity contribution in [1.82, 2.24) is 0 Å². The molecule has 2 nitrogen and oxygen atoms in total. The van der Waals surface area contributed by atoms with Crippen molar-refractivity contribution in [2.45, 2.75) is 6.42 Å². The van der Waals surface area contributed by atoms with Crippen LogP contribution in [0.3, 0.4) is 0 Å². The van der Waals surface area contributed by atoms with Crippen molar-refractivity contribution in [3.8, 4) is 11.5 Å². The van der Waals surface area contributed by atoms with Crippen molar-refractivity contribution in [2.24, 2.45) is 0 Å².